The van der Waals surface area contributed by atoms with Crippen LogP contribution in [0.5, 0.6) is 11.5 Å². The van der Waals surface area contributed by atoms with Crippen LogP contribution < -0.4 is 31.9 Å². The highest BCUT2D eigenvalue weighted by Crippen LogP contribution is 2.42. The predicted molar refractivity (Wildman–Crippen MR) is 286 cm³/mol. The summed E-state index contributed by atoms with van der Waals surface area (Å²) < 4.78 is 28.4. The van der Waals surface area contributed by atoms with Gasteiger partial charge in [0.15, 0.2) is 5.78 Å². The van der Waals surface area contributed by atoms with E-state index in [1.54, 1.807) is 0 Å². The maximum atomic E-state index is 14.2. The lowest BCUT2D eigenvalue weighted by atomic mass is 9.81. The zero-order valence-electron chi connectivity index (χ0n) is 46.9. The molecule has 1 aliphatic heterocycles. The molecule has 83 heavy (non-hydrogen) atoms. The van der Waals surface area contributed by atoms with Gasteiger partial charge >= 0.3 is 35.8 Å². The number of esters is 6. The van der Waals surface area contributed by atoms with E-state index in [2.05, 4.69) is 46.1 Å². The largest absolute Gasteiger partial charge is 0.507 e. The Morgan fingerprint density at radius 2 is 1.10 bits per heavy atom. The van der Waals surface area contributed by atoms with E-state index in [1.165, 1.54) is 32.0 Å². The molecule has 2 aliphatic rings. The van der Waals surface area contributed by atoms with Crippen LogP contribution in [0.4, 0.5) is 11.4 Å². The Hall–Kier alpha value is -8.82. The number of hydrogen-bond acceptors (Lipinski definition) is 25. The van der Waals surface area contributed by atoms with Crippen LogP contribution in [-0.4, -0.2) is 157 Å². The molecule has 8 N–H and O–H groups in total. The normalized spacial score (nSPS) is 14.7. The average Bonchev–Trinajstić information content (AvgIpc) is 2.52. The summed E-state index contributed by atoms with van der Waals surface area (Å²) in [6, 6.07) is 1.53. The molecular formula is C55H70N6O22. The molecule has 0 bridgehead atoms. The van der Waals surface area contributed by atoms with Crippen LogP contribution in [0.15, 0.2) is 24.3 Å². The number of phenols is 2. The highest BCUT2D eigenvalue weighted by Gasteiger charge is 2.39. The van der Waals surface area contributed by atoms with Crippen molar-refractivity contribution in [2.45, 2.75) is 124 Å². The minimum Gasteiger partial charge on any atom is -0.507 e. The summed E-state index contributed by atoms with van der Waals surface area (Å²) in [6.07, 6.45) is -1.54. The first-order chi connectivity index (χ1) is 39.3. The molecule has 4 rings (SSSR count). The fourth-order valence-corrected chi connectivity index (χ4v) is 8.83. The topological polar surface area (TPSA) is 407 Å². The van der Waals surface area contributed by atoms with Gasteiger partial charge < -0.3 is 75.3 Å². The second kappa shape index (κ2) is 32.6. The van der Waals surface area contributed by atoms with E-state index in [9.17, 15) is 77.3 Å². The van der Waals surface area contributed by atoms with Crippen molar-refractivity contribution in [1.29, 1.82) is 0 Å². The molecule has 1 fully saturated rings. The number of aromatic hydroxyl groups is 2. The molecule has 0 radical (unpaired) electrons. The molecule has 1 heterocycles. The molecule has 3 amide bonds. The third-order valence-corrected chi connectivity index (χ3v) is 13.1. The molecule has 452 valence electrons. The lowest BCUT2D eigenvalue weighted by Gasteiger charge is -2.26. The van der Waals surface area contributed by atoms with Gasteiger partial charge in [0.25, 0.3) is 0 Å². The average molecular weight is 1170 g/mol. The van der Waals surface area contributed by atoms with Crippen molar-refractivity contribution in [3.63, 3.8) is 0 Å². The van der Waals surface area contributed by atoms with Crippen LogP contribution in [0.25, 0.3) is 0 Å². The second-order valence-electron chi connectivity index (χ2n) is 19.8. The number of hydrogen-bond donors (Lipinski definition) is 8. The number of ether oxygens (including phenoxy) is 6. The molecule has 1 saturated heterocycles. The van der Waals surface area contributed by atoms with Crippen LogP contribution in [-0.2, 0) is 86.0 Å². The SMILES string of the molecule is CC(=O)CC(CC(=O)OCOC(C)=O)C(=O)NC(CCC(=O)OCOC(C)=O)C(=O)CC(C(=O)NC(CC(=O)OCOC(C)=O)C(=O)NCCNc1ccc(O)c2c1C(=O)c1c(O)ccc(NCCCC(=O)C3CCCN3)c1C2=O)C(C)C. The third kappa shape index (κ3) is 20.9. The first-order valence-electron chi connectivity index (χ1n) is 26.6. The molecule has 5 atom stereocenters. The van der Waals surface area contributed by atoms with E-state index in [0.29, 0.717) is 6.42 Å². The van der Waals surface area contributed by atoms with Crippen molar-refractivity contribution in [2.24, 2.45) is 17.8 Å². The Bertz CT molecular complexity index is 2810. The van der Waals surface area contributed by atoms with E-state index in [1.807, 2.05) is 0 Å². The number of anilines is 2. The van der Waals surface area contributed by atoms with E-state index in [0.717, 1.165) is 53.1 Å². The fourth-order valence-electron chi connectivity index (χ4n) is 8.83. The maximum Gasteiger partial charge on any atom is 0.311 e. The summed E-state index contributed by atoms with van der Waals surface area (Å²) >= 11 is 0. The standard InChI is InChI=1S/C55H70N6O22/c1-28(2)34(23-43(69)36(13-16-44(70)81-25-78-30(4)63)60-53(75)33(21-29(3)62)22-45(71)82-26-79-31(5)64)54(76)61-39(24-46(72)83-27-80-32(6)65)55(77)59-20-19-58-38-12-15-42(68)50-48(38)52(74)49-41(67)14-11-37(47(49)51(50)73)57-18-8-10-40(66)35-9-7-17-56-35/h11-12,14-15,28,33-36,39,56-58,67-68H,7-10,13,16-27H2,1-6H3,(H,59,77)(H,60,75)(H,61,76). The molecule has 0 spiro atoms. The summed E-state index contributed by atoms with van der Waals surface area (Å²) in [4.78, 5) is 181. The highest BCUT2D eigenvalue weighted by atomic mass is 16.7. The highest BCUT2D eigenvalue weighted by molar-refractivity contribution is 6.33. The monoisotopic (exact) mass is 1170 g/mol. The van der Waals surface area contributed by atoms with Crippen LogP contribution >= 0.6 is 0 Å². The molecule has 28 heteroatoms. The van der Waals surface area contributed by atoms with Crippen molar-refractivity contribution in [3.05, 3.63) is 46.5 Å². The van der Waals surface area contributed by atoms with Crippen molar-refractivity contribution in [1.82, 2.24) is 21.3 Å². The number of ketones is 5. The lowest BCUT2D eigenvalue weighted by Crippen LogP contribution is -2.51. The minimum atomic E-state index is -1.74. The van der Waals surface area contributed by atoms with Gasteiger partial charge in [-0.2, -0.15) is 0 Å². The number of fused-ring (bicyclic) bond motifs is 2. The smallest absolute Gasteiger partial charge is 0.311 e. The minimum absolute atomic E-state index is 0.0118. The molecule has 0 aromatic heterocycles. The van der Waals surface area contributed by atoms with Crippen molar-refractivity contribution < 1.29 is 106 Å². The van der Waals surface area contributed by atoms with Gasteiger partial charge in [-0.3, -0.25) is 62.3 Å². The van der Waals surface area contributed by atoms with Crippen LogP contribution in [0.3, 0.4) is 0 Å². The first kappa shape index (κ1) is 66.7. The first-order valence-corrected chi connectivity index (χ1v) is 26.6. The molecule has 2 aromatic carbocycles. The van der Waals surface area contributed by atoms with Crippen molar-refractivity contribution >= 4 is 93.8 Å². The number of carbonyl (C=O) groups is 14. The molecular weight excluding hydrogens is 1100 g/mol. The molecule has 2 aromatic rings. The van der Waals surface area contributed by atoms with Crippen molar-refractivity contribution in [3.8, 4) is 11.5 Å². The van der Waals surface area contributed by atoms with Gasteiger partial charge in [0.05, 0.1) is 53.1 Å². The summed E-state index contributed by atoms with van der Waals surface area (Å²) in [5.74, 6) is -16.0. The number of phenolic OH excluding ortho intramolecular Hbond substituents is 2. The second-order valence-corrected chi connectivity index (χ2v) is 19.8. The van der Waals surface area contributed by atoms with Gasteiger partial charge in [-0.05, 0) is 69.3 Å². The van der Waals surface area contributed by atoms with Crippen LogP contribution in [0.1, 0.15) is 138 Å². The Kier molecular flexibility index (Phi) is 26.2. The summed E-state index contributed by atoms with van der Waals surface area (Å²) in [6.45, 7) is 5.43. The van der Waals surface area contributed by atoms with Gasteiger partial charge in [0.2, 0.25) is 49.7 Å². The summed E-state index contributed by atoms with van der Waals surface area (Å²) in [7, 11) is 0. The molecule has 1 aliphatic carbocycles. The zero-order chi connectivity index (χ0) is 61.5. The summed E-state index contributed by atoms with van der Waals surface area (Å²) in [5.41, 5.74) is -0.997. The number of carbonyl (C=O) groups excluding carboxylic acids is 14. The Morgan fingerprint density at radius 3 is 1.60 bits per heavy atom. The van der Waals surface area contributed by atoms with Crippen LogP contribution in [0.2, 0.25) is 0 Å². The number of rotatable bonds is 34. The molecule has 5 unspecified atom stereocenters. The lowest BCUT2D eigenvalue weighted by molar-refractivity contribution is -0.168. The van der Waals surface area contributed by atoms with Crippen molar-refractivity contribution in [2.75, 3.05) is 57.2 Å². The molecule has 0 saturated carbocycles. The summed E-state index contributed by atoms with van der Waals surface area (Å²) in [5, 5.41) is 38.4. The number of nitrogens with one attached hydrogen (secondary N) is 6. The number of Topliss-reactive ketones (excluding diaryl/α,β-unsaturated/α-hetero) is 3. The number of benzene rings is 2. The maximum absolute atomic E-state index is 14.2. The molecule has 28 nitrogen and oxygen atoms in total. The van der Waals surface area contributed by atoms with Gasteiger partial charge in [0.1, 0.15) is 29.1 Å². The quantitative estimate of drug-likeness (QED) is 0.0138. The van der Waals surface area contributed by atoms with Crippen LogP contribution in [0, 0.1) is 17.8 Å². The van der Waals surface area contributed by atoms with E-state index < -0.39 is 177 Å². The van der Waals surface area contributed by atoms with Gasteiger partial charge in [-0.25, -0.2) is 0 Å². The van der Waals surface area contributed by atoms with Gasteiger partial charge in [-0.15, -0.1) is 0 Å². The van der Waals surface area contributed by atoms with E-state index >= 15 is 0 Å². The predicted octanol–water partition coefficient (Wildman–Crippen LogP) is 1.46. The third-order valence-electron chi connectivity index (χ3n) is 13.1. The Labute approximate surface area is 476 Å². The Balaban J connectivity index is 1.51. The Morgan fingerprint density at radius 1 is 0.578 bits per heavy atom. The van der Waals surface area contributed by atoms with E-state index in [4.69, 9.17) is 14.2 Å². The van der Waals surface area contributed by atoms with E-state index in [-0.39, 0.29) is 71.5 Å². The van der Waals surface area contributed by atoms with Gasteiger partial charge in [-0.1, -0.05) is 13.8 Å². The zero-order valence-corrected chi connectivity index (χ0v) is 46.9. The van der Waals surface area contributed by atoms with Gasteiger partial charge in [0, 0.05) is 83.4 Å². The number of amides is 3. The fraction of sp³-hybridized carbons (Fsp3) is 0.527.